The second-order valence-corrected chi connectivity index (χ2v) is 5.44. The lowest BCUT2D eigenvalue weighted by Crippen LogP contribution is -2.28. The first-order valence-corrected chi connectivity index (χ1v) is 7.47. The number of nitrogens with one attached hydrogen (secondary N) is 1. The zero-order chi connectivity index (χ0) is 16.9. The molecule has 0 aliphatic heterocycles. The third-order valence-corrected chi connectivity index (χ3v) is 3.71. The van der Waals surface area contributed by atoms with E-state index in [4.69, 9.17) is 0 Å². The van der Waals surface area contributed by atoms with E-state index in [2.05, 4.69) is 20.8 Å². The van der Waals surface area contributed by atoms with Crippen LogP contribution in [-0.4, -0.2) is 26.1 Å². The minimum atomic E-state index is -0.605. The van der Waals surface area contributed by atoms with E-state index >= 15 is 0 Å². The predicted octanol–water partition coefficient (Wildman–Crippen LogP) is 2.54. The summed E-state index contributed by atoms with van der Waals surface area (Å²) in [5.74, 6) is -0.604. The van der Waals surface area contributed by atoms with Crippen LogP contribution in [0.3, 0.4) is 0 Å². The zero-order valence-electron chi connectivity index (χ0n) is 13.1. The number of hydrogen-bond acceptors (Lipinski definition) is 4. The number of hydrogen-bond donors (Lipinski definition) is 1. The number of halogens is 1. The maximum absolute atomic E-state index is 13.2. The van der Waals surface area contributed by atoms with Gasteiger partial charge in [-0.05, 0) is 46.7 Å². The number of carbonyl (C=O) groups is 1. The Morgan fingerprint density at radius 3 is 2.71 bits per heavy atom. The Bertz CT molecular complexity index is 820. The summed E-state index contributed by atoms with van der Waals surface area (Å²) in [6, 6.07) is 13.2. The molecule has 24 heavy (non-hydrogen) atoms. The normalized spacial score (nSPS) is 11.9. The number of anilines is 1. The van der Waals surface area contributed by atoms with E-state index < -0.39 is 6.04 Å². The van der Waals surface area contributed by atoms with Crippen molar-refractivity contribution in [1.82, 2.24) is 20.2 Å². The van der Waals surface area contributed by atoms with Gasteiger partial charge in [-0.3, -0.25) is 4.79 Å². The minimum absolute atomic E-state index is 0.263. The molecule has 6 nitrogen and oxygen atoms in total. The Kier molecular flexibility index (Phi) is 4.60. The lowest BCUT2D eigenvalue weighted by molar-refractivity contribution is -0.119. The number of tetrazole rings is 1. The summed E-state index contributed by atoms with van der Waals surface area (Å²) in [4.78, 5) is 12.7. The van der Waals surface area contributed by atoms with Crippen molar-refractivity contribution in [2.24, 2.45) is 0 Å². The number of rotatable bonds is 5. The molecule has 3 aromatic rings. The van der Waals surface area contributed by atoms with Crippen LogP contribution in [0.4, 0.5) is 10.1 Å². The summed E-state index contributed by atoms with van der Waals surface area (Å²) in [5.41, 5.74) is 2.20. The topological polar surface area (TPSA) is 72.7 Å². The van der Waals surface area contributed by atoms with E-state index in [1.165, 1.54) is 23.1 Å². The molecule has 3 rings (SSSR count). The Balaban J connectivity index is 1.83. The van der Waals surface area contributed by atoms with Gasteiger partial charge in [0.1, 0.15) is 18.2 Å². The second-order valence-electron chi connectivity index (χ2n) is 5.44. The molecule has 1 atom stereocenters. The largest absolute Gasteiger partial charge is 0.324 e. The average Bonchev–Trinajstić information content (AvgIpc) is 3.10. The SMILES string of the molecule is Cc1cc(F)ccc1NC(=O)C(Cc1ccccc1)n1cnnn1. The van der Waals surface area contributed by atoms with Gasteiger partial charge in [0.15, 0.2) is 0 Å². The molecule has 1 unspecified atom stereocenters. The van der Waals surface area contributed by atoms with Crippen molar-refractivity contribution in [2.45, 2.75) is 19.4 Å². The molecule has 0 bridgehead atoms. The van der Waals surface area contributed by atoms with Crippen molar-refractivity contribution in [2.75, 3.05) is 5.32 Å². The first-order valence-electron chi connectivity index (χ1n) is 7.47. The second kappa shape index (κ2) is 6.99. The summed E-state index contributed by atoms with van der Waals surface area (Å²) in [7, 11) is 0. The van der Waals surface area contributed by atoms with Gasteiger partial charge < -0.3 is 5.32 Å². The van der Waals surface area contributed by atoms with Gasteiger partial charge in [0.25, 0.3) is 0 Å². The number of nitrogens with zero attached hydrogens (tertiary/aromatic N) is 4. The summed E-state index contributed by atoms with van der Waals surface area (Å²) in [5, 5.41) is 13.9. The molecule has 1 aromatic heterocycles. The van der Waals surface area contributed by atoms with Crippen LogP contribution in [0.15, 0.2) is 54.9 Å². The predicted molar refractivity (Wildman–Crippen MR) is 86.8 cm³/mol. The molecule has 0 aliphatic rings. The summed E-state index contributed by atoms with van der Waals surface area (Å²) < 4.78 is 14.6. The molecule has 1 N–H and O–H groups in total. The molecule has 0 spiro atoms. The monoisotopic (exact) mass is 325 g/mol. The van der Waals surface area contributed by atoms with Crippen LogP contribution in [0.5, 0.6) is 0 Å². The highest BCUT2D eigenvalue weighted by molar-refractivity contribution is 5.94. The van der Waals surface area contributed by atoms with Crippen LogP contribution in [0.25, 0.3) is 0 Å². The van der Waals surface area contributed by atoms with E-state index in [1.807, 2.05) is 30.3 Å². The molecule has 0 aliphatic carbocycles. The van der Waals surface area contributed by atoms with Gasteiger partial charge in [0, 0.05) is 12.1 Å². The molecule has 0 fully saturated rings. The first-order chi connectivity index (χ1) is 11.6. The smallest absolute Gasteiger partial charge is 0.249 e. The Morgan fingerprint density at radius 2 is 2.04 bits per heavy atom. The number of aromatic nitrogens is 4. The van der Waals surface area contributed by atoms with Gasteiger partial charge in [0.2, 0.25) is 5.91 Å². The highest BCUT2D eigenvalue weighted by Gasteiger charge is 2.23. The fourth-order valence-electron chi connectivity index (χ4n) is 2.44. The molecule has 1 heterocycles. The number of aryl methyl sites for hydroxylation is 1. The summed E-state index contributed by atoms with van der Waals surface area (Å²) in [6.07, 6.45) is 1.85. The Hall–Kier alpha value is -3.09. The lowest BCUT2D eigenvalue weighted by Gasteiger charge is -2.17. The van der Waals surface area contributed by atoms with Crippen LogP contribution < -0.4 is 5.32 Å². The first kappa shape index (κ1) is 15.8. The molecule has 1 amide bonds. The lowest BCUT2D eigenvalue weighted by atomic mass is 10.1. The van der Waals surface area contributed by atoms with Crippen molar-refractivity contribution in [3.8, 4) is 0 Å². The molecular formula is C17H16FN5O. The third-order valence-electron chi connectivity index (χ3n) is 3.71. The summed E-state index contributed by atoms with van der Waals surface area (Å²) >= 11 is 0. The quantitative estimate of drug-likeness (QED) is 0.782. The molecule has 0 radical (unpaired) electrons. The molecule has 7 heteroatoms. The van der Waals surface area contributed by atoms with E-state index in [1.54, 1.807) is 13.0 Å². The van der Waals surface area contributed by atoms with Crippen LogP contribution in [-0.2, 0) is 11.2 Å². The fraction of sp³-hybridized carbons (Fsp3) is 0.176. The maximum atomic E-state index is 13.2. The standard InChI is InChI=1S/C17H16FN5O/c1-12-9-14(18)7-8-15(12)20-17(24)16(23-11-19-21-22-23)10-13-5-3-2-4-6-13/h2-9,11,16H,10H2,1H3,(H,20,24). The van der Waals surface area contributed by atoms with Crippen molar-refractivity contribution in [3.63, 3.8) is 0 Å². The van der Waals surface area contributed by atoms with Crippen molar-refractivity contribution < 1.29 is 9.18 Å². The van der Waals surface area contributed by atoms with Gasteiger partial charge in [-0.15, -0.1) is 5.10 Å². The van der Waals surface area contributed by atoms with Crippen LogP contribution in [0.2, 0.25) is 0 Å². The molecule has 0 saturated heterocycles. The van der Waals surface area contributed by atoms with Gasteiger partial charge in [-0.2, -0.15) is 0 Å². The summed E-state index contributed by atoms with van der Waals surface area (Å²) in [6.45, 7) is 1.74. The third kappa shape index (κ3) is 3.62. The van der Waals surface area contributed by atoms with E-state index in [9.17, 15) is 9.18 Å². The van der Waals surface area contributed by atoms with Gasteiger partial charge in [-0.1, -0.05) is 30.3 Å². The molecule has 0 saturated carbocycles. The fourth-order valence-corrected chi connectivity index (χ4v) is 2.44. The average molecular weight is 325 g/mol. The molecular weight excluding hydrogens is 309 g/mol. The van der Waals surface area contributed by atoms with Gasteiger partial charge in [-0.25, -0.2) is 9.07 Å². The highest BCUT2D eigenvalue weighted by atomic mass is 19.1. The van der Waals surface area contributed by atoms with E-state index in [0.29, 0.717) is 17.7 Å². The van der Waals surface area contributed by atoms with E-state index in [-0.39, 0.29) is 11.7 Å². The van der Waals surface area contributed by atoms with Crippen molar-refractivity contribution >= 4 is 11.6 Å². The maximum Gasteiger partial charge on any atom is 0.249 e. The minimum Gasteiger partial charge on any atom is -0.324 e. The van der Waals surface area contributed by atoms with Crippen LogP contribution >= 0.6 is 0 Å². The highest BCUT2D eigenvalue weighted by Crippen LogP contribution is 2.19. The zero-order valence-corrected chi connectivity index (χ0v) is 13.1. The van der Waals surface area contributed by atoms with Crippen molar-refractivity contribution in [1.29, 1.82) is 0 Å². The Labute approximate surface area is 138 Å². The van der Waals surface area contributed by atoms with E-state index in [0.717, 1.165) is 5.56 Å². The van der Waals surface area contributed by atoms with Crippen LogP contribution in [0, 0.1) is 12.7 Å². The number of carbonyl (C=O) groups excluding carboxylic acids is 1. The van der Waals surface area contributed by atoms with Crippen LogP contribution in [0.1, 0.15) is 17.2 Å². The number of benzene rings is 2. The van der Waals surface area contributed by atoms with Crippen molar-refractivity contribution in [3.05, 3.63) is 71.8 Å². The number of amides is 1. The molecule has 122 valence electrons. The van der Waals surface area contributed by atoms with Gasteiger partial charge >= 0.3 is 0 Å². The van der Waals surface area contributed by atoms with Gasteiger partial charge in [0.05, 0.1) is 0 Å². The molecule has 2 aromatic carbocycles. The Morgan fingerprint density at radius 1 is 1.25 bits per heavy atom.